The van der Waals surface area contributed by atoms with Gasteiger partial charge in [0, 0.05) is 12.8 Å². The van der Waals surface area contributed by atoms with Crippen molar-refractivity contribution >= 4 is 43.6 Å². The van der Waals surface area contributed by atoms with Crippen LogP contribution in [0.3, 0.4) is 0 Å². The van der Waals surface area contributed by atoms with Gasteiger partial charge in [0.05, 0.1) is 22.5 Å². The second-order valence-corrected chi connectivity index (χ2v) is 10.6. The zero-order chi connectivity index (χ0) is 29.4. The van der Waals surface area contributed by atoms with E-state index in [0.29, 0.717) is 6.21 Å². The van der Waals surface area contributed by atoms with Gasteiger partial charge in [-0.1, -0.05) is 18.2 Å². The van der Waals surface area contributed by atoms with Crippen molar-refractivity contribution in [1.82, 2.24) is 10.2 Å². The van der Waals surface area contributed by atoms with E-state index in [9.17, 15) is 23.7 Å². The minimum absolute atomic E-state index is 0.119. The van der Waals surface area contributed by atoms with Crippen LogP contribution in [-0.2, 0) is 33.2 Å². The second-order valence-electron chi connectivity index (χ2n) is 8.80. The molecular weight excluding hydrogens is 531 g/mol. The van der Waals surface area contributed by atoms with Crippen LogP contribution in [-0.4, -0.2) is 69.8 Å². The van der Waals surface area contributed by atoms with Crippen LogP contribution in [0.4, 0.5) is 0 Å². The number of ether oxygens (including phenoxy) is 2. The van der Waals surface area contributed by atoms with Crippen LogP contribution in [0.2, 0.25) is 0 Å². The monoisotopic (exact) mass is 565 g/mol. The minimum Gasteiger partial charge on any atom is -0.462 e. The lowest BCUT2D eigenvalue weighted by atomic mass is 10.1. The summed E-state index contributed by atoms with van der Waals surface area (Å²) in [7, 11) is -4.38. The van der Waals surface area contributed by atoms with E-state index < -0.39 is 55.5 Å². The summed E-state index contributed by atoms with van der Waals surface area (Å²) in [4.78, 5) is 55.1. The normalized spacial score (nSPS) is 13.7. The number of nitrogens with zero attached hydrogens (tertiary/aromatic N) is 3. The summed E-state index contributed by atoms with van der Waals surface area (Å²) in [6, 6.07) is 5.20. The lowest BCUT2D eigenvalue weighted by molar-refractivity contribution is -0.150. The van der Waals surface area contributed by atoms with E-state index in [-0.39, 0.29) is 31.4 Å². The maximum atomic E-state index is 14.2. The summed E-state index contributed by atoms with van der Waals surface area (Å²) in [6.07, 6.45) is -0.592. The molecule has 0 bridgehead atoms. The number of carbonyl (C=O) groups excluding carboxylic acids is 4. The second kappa shape index (κ2) is 16.9. The molecule has 0 aliphatic rings. The molecule has 0 fully saturated rings. The first kappa shape index (κ1) is 33.2. The highest BCUT2D eigenvalue weighted by Gasteiger charge is 2.38. The SMILES string of the molecule is CC(C)OC(=O)[C@H](CCC(=O)C=[N+]=[N-])NP(=O)(N[C@@H](CCC(=O)C=[N+]=N)C(=O)OC(C)C)Oc1ccccc1. The molecule has 0 heterocycles. The molecule has 0 aliphatic heterocycles. The number of carbonyl (C=O) groups is 4. The van der Waals surface area contributed by atoms with Gasteiger partial charge < -0.3 is 19.5 Å². The number of ketones is 2. The first-order valence-corrected chi connectivity index (χ1v) is 13.8. The number of esters is 2. The van der Waals surface area contributed by atoms with Gasteiger partial charge in [-0.15, -0.1) is 0 Å². The van der Waals surface area contributed by atoms with Crippen LogP contribution in [0.15, 0.2) is 30.3 Å². The third-order valence-electron chi connectivity index (χ3n) is 4.67. The molecule has 3 N–H and O–H groups in total. The highest BCUT2D eigenvalue weighted by atomic mass is 31.2. The third kappa shape index (κ3) is 13.5. The van der Waals surface area contributed by atoms with Crippen molar-refractivity contribution < 1.29 is 47.3 Å². The van der Waals surface area contributed by atoms with Crippen molar-refractivity contribution in [3.05, 3.63) is 35.9 Å². The van der Waals surface area contributed by atoms with Crippen molar-refractivity contribution in [3.8, 4) is 5.75 Å². The van der Waals surface area contributed by atoms with E-state index in [0.717, 1.165) is 6.21 Å². The zero-order valence-electron chi connectivity index (χ0n) is 22.2. The molecule has 1 unspecified atom stereocenters. The van der Waals surface area contributed by atoms with Crippen molar-refractivity contribution in [2.24, 2.45) is 0 Å². The standard InChI is InChI=1S/C24H34N6O8P/c1-16(2)36-23(33)21(12-10-18(31)14-27-25)29-39(35,38-20-8-6-5-7-9-20)30-22(24(34)37-17(3)4)13-11-19(32)15-28-26/h5-9,14-17,21-22,25H,10-13H2,1-4H3,(H2,29,30,35)/q+1/t21-,22-,39?/m0/s1. The molecule has 212 valence electrons. The lowest BCUT2D eigenvalue weighted by Crippen LogP contribution is -2.46. The minimum atomic E-state index is -4.38. The van der Waals surface area contributed by atoms with E-state index >= 15 is 0 Å². The van der Waals surface area contributed by atoms with Gasteiger partial charge in [-0.25, -0.2) is 14.7 Å². The molecule has 0 saturated carbocycles. The molecule has 39 heavy (non-hydrogen) atoms. The van der Waals surface area contributed by atoms with E-state index in [1.165, 1.54) is 12.1 Å². The predicted molar refractivity (Wildman–Crippen MR) is 138 cm³/mol. The van der Waals surface area contributed by atoms with Gasteiger partial charge >= 0.3 is 32.0 Å². The number of hydrogen-bond donors (Lipinski definition) is 3. The Balaban J connectivity index is 3.41. The Morgan fingerprint density at radius 3 is 1.77 bits per heavy atom. The zero-order valence-corrected chi connectivity index (χ0v) is 23.1. The number of rotatable bonds is 18. The van der Waals surface area contributed by atoms with Gasteiger partial charge in [0.1, 0.15) is 17.8 Å². The molecule has 15 heteroatoms. The number of hydrogen-bond acceptors (Lipinski definition) is 9. The Bertz CT molecular complexity index is 1080. The van der Waals surface area contributed by atoms with Crippen molar-refractivity contribution in [1.29, 1.82) is 5.53 Å². The van der Waals surface area contributed by atoms with Crippen molar-refractivity contribution in [3.63, 3.8) is 0 Å². The highest BCUT2D eigenvalue weighted by Crippen LogP contribution is 2.41. The topological polar surface area (TPSA) is 211 Å². The Morgan fingerprint density at radius 2 is 1.36 bits per heavy atom. The molecule has 0 spiro atoms. The molecule has 14 nitrogen and oxygen atoms in total. The molecule has 0 saturated heterocycles. The Hall–Kier alpha value is -3.79. The molecule has 0 aromatic heterocycles. The molecule has 0 radical (unpaired) electrons. The Kier molecular flexibility index (Phi) is 14.4. The van der Waals surface area contributed by atoms with Crippen LogP contribution < -0.4 is 14.7 Å². The first-order chi connectivity index (χ1) is 18.4. The van der Waals surface area contributed by atoms with Crippen LogP contribution in [0.5, 0.6) is 5.75 Å². The first-order valence-electron chi connectivity index (χ1n) is 12.1. The fourth-order valence-electron chi connectivity index (χ4n) is 3.07. The van der Waals surface area contributed by atoms with Crippen LogP contribution in [0, 0.1) is 5.53 Å². The molecule has 3 atom stereocenters. The summed E-state index contributed by atoms with van der Waals surface area (Å²) in [5.41, 5.74) is 15.4. The molecule has 0 aliphatic carbocycles. The van der Waals surface area contributed by atoms with Gasteiger partial charge in [0.15, 0.2) is 0 Å². The largest absolute Gasteiger partial charge is 0.462 e. The smallest absolute Gasteiger partial charge is 0.391 e. The summed E-state index contributed by atoms with van der Waals surface area (Å²) in [6.45, 7) is 6.42. The number of Topliss-reactive ketones (excluding diaryl/α,β-unsaturated/α-hetero) is 2. The fraction of sp³-hybridized carbons (Fsp3) is 0.500. The predicted octanol–water partition coefficient (Wildman–Crippen LogP) is 2.30. The van der Waals surface area contributed by atoms with E-state index in [4.69, 9.17) is 25.1 Å². The molecule has 1 aromatic carbocycles. The van der Waals surface area contributed by atoms with Crippen molar-refractivity contribution in [2.45, 2.75) is 77.7 Å². The van der Waals surface area contributed by atoms with E-state index in [1.54, 1.807) is 45.9 Å². The van der Waals surface area contributed by atoms with E-state index in [2.05, 4.69) is 19.8 Å². The number of para-hydroxylation sites is 1. The molecule has 1 aromatic rings. The molecule has 0 amide bonds. The van der Waals surface area contributed by atoms with Crippen LogP contribution >= 0.6 is 7.67 Å². The van der Waals surface area contributed by atoms with E-state index in [1.807, 2.05) is 0 Å². The van der Waals surface area contributed by atoms with Gasteiger partial charge in [-0.2, -0.15) is 4.79 Å². The Morgan fingerprint density at radius 1 is 0.897 bits per heavy atom. The van der Waals surface area contributed by atoms with Crippen LogP contribution in [0.1, 0.15) is 53.4 Å². The number of nitrogens with one attached hydrogen (secondary N) is 3. The summed E-state index contributed by atoms with van der Waals surface area (Å²) >= 11 is 0. The third-order valence-corrected chi connectivity index (χ3v) is 6.44. The van der Waals surface area contributed by atoms with Crippen LogP contribution in [0.25, 0.3) is 5.53 Å². The average molecular weight is 566 g/mol. The number of benzene rings is 1. The maximum Gasteiger partial charge on any atom is 0.391 e. The quantitative estimate of drug-likeness (QED) is 0.0776. The average Bonchev–Trinajstić information content (AvgIpc) is 2.84. The van der Waals surface area contributed by atoms with Gasteiger partial charge in [-0.05, 0) is 52.7 Å². The van der Waals surface area contributed by atoms with Gasteiger partial charge in [0.2, 0.25) is 11.6 Å². The van der Waals surface area contributed by atoms with Gasteiger partial charge in [-0.3, -0.25) is 19.2 Å². The highest BCUT2D eigenvalue weighted by molar-refractivity contribution is 7.55. The Labute approximate surface area is 226 Å². The molecule has 1 rings (SSSR count). The molecular formula is C24H34N6O8P+. The lowest BCUT2D eigenvalue weighted by Gasteiger charge is -2.29. The van der Waals surface area contributed by atoms with Crippen molar-refractivity contribution in [2.75, 3.05) is 0 Å². The summed E-state index contributed by atoms with van der Waals surface area (Å²) in [5.74, 6) is -2.73. The summed E-state index contributed by atoms with van der Waals surface area (Å²) < 4.78 is 30.4. The summed E-state index contributed by atoms with van der Waals surface area (Å²) in [5, 5.41) is 5.15. The maximum absolute atomic E-state index is 14.2. The fourth-order valence-corrected chi connectivity index (χ4v) is 4.96. The van der Waals surface area contributed by atoms with Gasteiger partial charge in [0.25, 0.3) is 0 Å².